The number of aryl methyl sites for hydroxylation is 2. The summed E-state index contributed by atoms with van der Waals surface area (Å²) in [5.74, 6) is -0.271. The van der Waals surface area contributed by atoms with E-state index < -0.39 is 0 Å². The van der Waals surface area contributed by atoms with Gasteiger partial charge in [-0.05, 0) is 37.1 Å². The van der Waals surface area contributed by atoms with Crippen LogP contribution in [0.5, 0.6) is 0 Å². The highest BCUT2D eigenvalue weighted by atomic mass is 16.2. The number of carbonyl (C=O) groups excluding carboxylic acids is 2. The smallest absolute Gasteiger partial charge is 0.271 e. The molecule has 0 bridgehead atoms. The van der Waals surface area contributed by atoms with E-state index in [1.165, 1.54) is 0 Å². The fourth-order valence-electron chi connectivity index (χ4n) is 2.67. The number of ketones is 1. The molecule has 0 radical (unpaired) electrons. The number of aliphatic imine (C=N–C) groups is 1. The molecule has 0 aliphatic carbocycles. The first kappa shape index (κ1) is 20.9. The second-order valence-corrected chi connectivity index (χ2v) is 6.99. The summed E-state index contributed by atoms with van der Waals surface area (Å²) >= 11 is 0. The molecule has 0 atom stereocenters. The van der Waals surface area contributed by atoms with Gasteiger partial charge in [-0.3, -0.25) is 14.6 Å². The van der Waals surface area contributed by atoms with E-state index in [4.69, 9.17) is 0 Å². The molecular formula is C25H23N3O2. The van der Waals surface area contributed by atoms with E-state index in [1.807, 2.05) is 74.5 Å². The van der Waals surface area contributed by atoms with Crippen molar-refractivity contribution in [2.75, 3.05) is 6.54 Å². The van der Waals surface area contributed by atoms with Gasteiger partial charge in [0.15, 0.2) is 5.78 Å². The summed E-state index contributed by atoms with van der Waals surface area (Å²) in [6.45, 7) is 4.06. The van der Waals surface area contributed by atoms with Gasteiger partial charge < -0.3 is 0 Å². The quantitative estimate of drug-likeness (QED) is 0.365. The molecule has 0 saturated heterocycles. The van der Waals surface area contributed by atoms with E-state index in [-0.39, 0.29) is 18.2 Å². The molecule has 0 spiro atoms. The van der Waals surface area contributed by atoms with E-state index in [1.54, 1.807) is 24.6 Å². The molecule has 0 unspecified atom stereocenters. The number of Topliss-reactive ketones (excluding diaryl/α,β-unsaturated/α-hetero) is 1. The molecule has 30 heavy (non-hydrogen) atoms. The van der Waals surface area contributed by atoms with E-state index in [0.717, 1.165) is 22.3 Å². The number of hydrogen-bond donors (Lipinski definition) is 1. The van der Waals surface area contributed by atoms with Crippen LogP contribution in [-0.4, -0.2) is 30.7 Å². The number of nitrogens with one attached hydrogen (secondary N) is 1. The third-order valence-corrected chi connectivity index (χ3v) is 4.48. The van der Waals surface area contributed by atoms with Crippen LogP contribution in [0.3, 0.4) is 0 Å². The summed E-state index contributed by atoms with van der Waals surface area (Å²) in [7, 11) is 0. The Balaban J connectivity index is 1.50. The van der Waals surface area contributed by atoms with Crippen LogP contribution in [0.2, 0.25) is 0 Å². The Bertz CT molecular complexity index is 976. The first-order valence-electron chi connectivity index (χ1n) is 9.61. The molecule has 1 N–H and O–H groups in total. The van der Waals surface area contributed by atoms with Crippen molar-refractivity contribution in [1.29, 1.82) is 0 Å². The summed E-state index contributed by atoms with van der Waals surface area (Å²) in [5.41, 5.74) is 7.67. The van der Waals surface area contributed by atoms with Crippen molar-refractivity contribution < 1.29 is 9.59 Å². The maximum absolute atomic E-state index is 12.1. The van der Waals surface area contributed by atoms with Crippen molar-refractivity contribution in [2.45, 2.75) is 13.8 Å². The lowest BCUT2D eigenvalue weighted by Crippen LogP contribution is -2.17. The first-order valence-corrected chi connectivity index (χ1v) is 9.61. The van der Waals surface area contributed by atoms with Crippen LogP contribution in [0.4, 0.5) is 0 Å². The zero-order valence-corrected chi connectivity index (χ0v) is 17.0. The molecule has 3 aromatic carbocycles. The SMILES string of the molecule is Cc1ccc(C(=O)CN=Cc2ccc(/C=N/NC(=O)c3ccc(C)cc3)cc2)cc1. The van der Waals surface area contributed by atoms with Crippen LogP contribution in [0.25, 0.3) is 0 Å². The van der Waals surface area contributed by atoms with E-state index in [9.17, 15) is 9.59 Å². The Labute approximate surface area is 176 Å². The number of hydrazone groups is 1. The van der Waals surface area contributed by atoms with Crippen molar-refractivity contribution in [3.63, 3.8) is 0 Å². The number of carbonyl (C=O) groups is 2. The highest BCUT2D eigenvalue weighted by Crippen LogP contribution is 2.05. The van der Waals surface area contributed by atoms with E-state index in [0.29, 0.717) is 11.1 Å². The van der Waals surface area contributed by atoms with Crippen LogP contribution < -0.4 is 5.43 Å². The van der Waals surface area contributed by atoms with Crippen LogP contribution in [0.15, 0.2) is 82.9 Å². The Morgan fingerprint density at radius 3 is 1.80 bits per heavy atom. The largest absolute Gasteiger partial charge is 0.292 e. The Morgan fingerprint density at radius 2 is 1.23 bits per heavy atom. The molecule has 5 nitrogen and oxygen atoms in total. The number of rotatable bonds is 7. The van der Waals surface area contributed by atoms with Gasteiger partial charge in [0.05, 0.1) is 6.21 Å². The number of hydrogen-bond acceptors (Lipinski definition) is 4. The van der Waals surface area contributed by atoms with Gasteiger partial charge in [-0.1, -0.05) is 71.8 Å². The second-order valence-electron chi connectivity index (χ2n) is 6.99. The van der Waals surface area contributed by atoms with Crippen molar-refractivity contribution in [3.8, 4) is 0 Å². The maximum atomic E-state index is 12.1. The lowest BCUT2D eigenvalue weighted by molar-refractivity contribution is 0.0954. The predicted octanol–water partition coefficient (Wildman–Crippen LogP) is 4.37. The van der Waals surface area contributed by atoms with Gasteiger partial charge in [-0.15, -0.1) is 0 Å². The number of benzene rings is 3. The summed E-state index contributed by atoms with van der Waals surface area (Å²) in [6.07, 6.45) is 3.25. The summed E-state index contributed by atoms with van der Waals surface area (Å²) in [4.78, 5) is 28.4. The molecule has 0 fully saturated rings. The van der Waals surface area contributed by atoms with Crippen molar-refractivity contribution in [2.24, 2.45) is 10.1 Å². The molecule has 0 aliphatic heterocycles. The molecule has 150 valence electrons. The Hall–Kier alpha value is -3.86. The fourth-order valence-corrected chi connectivity index (χ4v) is 2.67. The number of amides is 1. The van der Waals surface area contributed by atoms with Crippen molar-refractivity contribution in [1.82, 2.24) is 5.43 Å². The van der Waals surface area contributed by atoms with Gasteiger partial charge in [-0.2, -0.15) is 5.10 Å². The second kappa shape index (κ2) is 10.1. The van der Waals surface area contributed by atoms with Gasteiger partial charge in [0.1, 0.15) is 6.54 Å². The van der Waals surface area contributed by atoms with Gasteiger partial charge in [0.25, 0.3) is 5.91 Å². The molecule has 1 amide bonds. The van der Waals surface area contributed by atoms with E-state index in [2.05, 4.69) is 15.5 Å². The lowest BCUT2D eigenvalue weighted by atomic mass is 10.1. The molecule has 3 rings (SSSR count). The molecule has 0 aliphatic rings. The normalized spacial score (nSPS) is 11.1. The van der Waals surface area contributed by atoms with Gasteiger partial charge in [0.2, 0.25) is 0 Å². The minimum atomic E-state index is -0.256. The monoisotopic (exact) mass is 397 g/mol. The zero-order chi connectivity index (χ0) is 21.3. The van der Waals surface area contributed by atoms with Crippen molar-refractivity contribution >= 4 is 24.1 Å². The van der Waals surface area contributed by atoms with Crippen molar-refractivity contribution in [3.05, 3.63) is 106 Å². The number of nitrogens with zero attached hydrogens (tertiary/aromatic N) is 2. The van der Waals surface area contributed by atoms with Crippen LogP contribution in [-0.2, 0) is 0 Å². The zero-order valence-electron chi connectivity index (χ0n) is 17.0. The predicted molar refractivity (Wildman–Crippen MR) is 121 cm³/mol. The molecule has 5 heteroatoms. The molecular weight excluding hydrogens is 374 g/mol. The molecule has 0 heterocycles. The summed E-state index contributed by atoms with van der Waals surface area (Å²) < 4.78 is 0. The summed E-state index contributed by atoms with van der Waals surface area (Å²) in [5, 5.41) is 3.99. The topological polar surface area (TPSA) is 70.9 Å². The third kappa shape index (κ3) is 6.07. The molecule has 0 saturated carbocycles. The summed E-state index contributed by atoms with van der Waals surface area (Å²) in [6, 6.07) is 22.2. The Morgan fingerprint density at radius 1 is 0.733 bits per heavy atom. The van der Waals surface area contributed by atoms with Gasteiger partial charge in [0, 0.05) is 17.3 Å². The molecule has 0 aromatic heterocycles. The minimum absolute atomic E-state index is 0.0145. The van der Waals surface area contributed by atoms with Crippen LogP contribution >= 0.6 is 0 Å². The highest BCUT2D eigenvalue weighted by Gasteiger charge is 2.04. The minimum Gasteiger partial charge on any atom is -0.292 e. The molecule has 3 aromatic rings. The maximum Gasteiger partial charge on any atom is 0.271 e. The lowest BCUT2D eigenvalue weighted by Gasteiger charge is -2.00. The highest BCUT2D eigenvalue weighted by molar-refractivity contribution is 5.99. The van der Waals surface area contributed by atoms with E-state index >= 15 is 0 Å². The average molecular weight is 397 g/mol. The van der Waals surface area contributed by atoms with Gasteiger partial charge in [-0.25, -0.2) is 5.43 Å². The standard InChI is InChI=1S/C25H23N3O2/c1-18-3-11-22(12-4-18)24(29)17-26-15-20-7-9-21(10-8-20)16-27-28-25(30)23-13-5-19(2)6-14-23/h3-16H,17H2,1-2H3,(H,28,30)/b26-15?,27-16+. The third-order valence-electron chi connectivity index (χ3n) is 4.48. The Kier molecular flexibility index (Phi) is 7.00. The van der Waals surface area contributed by atoms with Crippen LogP contribution in [0.1, 0.15) is 43.0 Å². The first-order chi connectivity index (χ1) is 14.5. The fraction of sp³-hybridized carbons (Fsp3) is 0.120. The van der Waals surface area contributed by atoms with Gasteiger partial charge >= 0.3 is 0 Å². The van der Waals surface area contributed by atoms with Crippen LogP contribution in [0, 0.1) is 13.8 Å². The average Bonchev–Trinajstić information content (AvgIpc) is 2.75.